The predicted octanol–water partition coefficient (Wildman–Crippen LogP) is 4.27. The molecule has 0 radical (unpaired) electrons. The highest BCUT2D eigenvalue weighted by Crippen LogP contribution is 2.31. The Hall–Kier alpha value is -3.85. The number of carbonyl (C=O) groups is 1. The fraction of sp³-hybridized carbons (Fsp3) is 0.370. The van der Waals surface area contributed by atoms with Crippen molar-refractivity contribution in [2.45, 2.75) is 31.8 Å². The number of rotatable bonds is 7. The van der Waals surface area contributed by atoms with E-state index >= 15 is 0 Å². The van der Waals surface area contributed by atoms with Gasteiger partial charge in [0.25, 0.3) is 5.91 Å². The summed E-state index contributed by atoms with van der Waals surface area (Å²) in [7, 11) is 1.57. The number of carbonyl (C=O) groups excluding carboxylic acids is 1. The van der Waals surface area contributed by atoms with Gasteiger partial charge in [-0.1, -0.05) is 0 Å². The number of aromatic nitrogens is 2. The summed E-state index contributed by atoms with van der Waals surface area (Å²) in [5, 5.41) is 3.21. The second kappa shape index (κ2) is 10.8. The van der Waals surface area contributed by atoms with Crippen LogP contribution < -0.4 is 20.5 Å². The molecule has 9 nitrogen and oxygen atoms in total. The predicted molar refractivity (Wildman–Crippen MR) is 138 cm³/mol. The number of nitrogen functional groups attached to an aromatic ring is 1. The number of ether oxygens (including phenoxy) is 3. The van der Waals surface area contributed by atoms with Crippen LogP contribution in [0.4, 0.5) is 17.3 Å². The van der Waals surface area contributed by atoms with Crippen molar-refractivity contribution in [1.82, 2.24) is 14.9 Å². The van der Waals surface area contributed by atoms with Gasteiger partial charge in [0.05, 0.1) is 37.3 Å². The molecule has 0 spiro atoms. The summed E-state index contributed by atoms with van der Waals surface area (Å²) in [6, 6.07) is 12.9. The van der Waals surface area contributed by atoms with Crippen molar-refractivity contribution in [3.63, 3.8) is 0 Å². The van der Waals surface area contributed by atoms with Gasteiger partial charge in [0.2, 0.25) is 5.95 Å². The highest BCUT2D eigenvalue weighted by molar-refractivity contribution is 5.97. The number of nitrogens with zero attached hydrogens (tertiary/aromatic N) is 3. The van der Waals surface area contributed by atoms with Gasteiger partial charge in [-0.25, -0.2) is 9.97 Å². The molecular formula is C27H31N5O4. The summed E-state index contributed by atoms with van der Waals surface area (Å²) >= 11 is 0. The first-order valence-electron chi connectivity index (χ1n) is 12.3. The maximum Gasteiger partial charge on any atom is 0.257 e. The molecule has 3 N–H and O–H groups in total. The Kier molecular flexibility index (Phi) is 7.18. The van der Waals surface area contributed by atoms with Crippen molar-refractivity contribution >= 4 is 23.2 Å². The quantitative estimate of drug-likeness (QED) is 0.473. The summed E-state index contributed by atoms with van der Waals surface area (Å²) < 4.78 is 17.0. The van der Waals surface area contributed by atoms with Crippen LogP contribution in [0.25, 0.3) is 11.3 Å². The van der Waals surface area contributed by atoms with Gasteiger partial charge in [0.1, 0.15) is 17.6 Å². The van der Waals surface area contributed by atoms with Crippen LogP contribution in [0.5, 0.6) is 11.5 Å². The number of amides is 1. The summed E-state index contributed by atoms with van der Waals surface area (Å²) in [6.07, 6.45) is 5.62. The number of nitrogens with one attached hydrogen (secondary N) is 1. The lowest BCUT2D eigenvalue weighted by Crippen LogP contribution is -2.27. The van der Waals surface area contributed by atoms with Crippen LogP contribution in [-0.4, -0.2) is 60.3 Å². The normalized spacial score (nSPS) is 16.1. The van der Waals surface area contributed by atoms with Gasteiger partial charge < -0.3 is 30.2 Å². The minimum Gasteiger partial charge on any atom is -0.496 e. The average molecular weight is 490 g/mol. The minimum atomic E-state index is -0.00372. The van der Waals surface area contributed by atoms with E-state index in [1.54, 1.807) is 25.4 Å². The minimum absolute atomic E-state index is 0.00372. The molecule has 0 saturated carbocycles. The van der Waals surface area contributed by atoms with Crippen LogP contribution in [0.3, 0.4) is 0 Å². The standard InChI is InChI=1S/C27H31N5O4/c1-34-25-17-19(5-6-21(25)26(33)32-12-2-3-13-32)30-27-29-11-8-23(31-27)18-4-7-24(22(28)16-18)36-20-9-14-35-15-10-20/h4-8,11,16-17,20H,2-3,9-10,12-15,28H2,1H3,(H,29,30,31). The average Bonchev–Trinajstić information content (AvgIpc) is 3.45. The van der Waals surface area contributed by atoms with Crippen molar-refractivity contribution in [2.75, 3.05) is 44.5 Å². The SMILES string of the molecule is COc1cc(Nc2nccc(-c3ccc(OC4CCOCC4)c(N)c3)n2)ccc1C(=O)N1CCCC1. The topological polar surface area (TPSA) is 112 Å². The lowest BCUT2D eigenvalue weighted by molar-refractivity contribution is 0.0259. The molecular weight excluding hydrogens is 458 g/mol. The first-order valence-corrected chi connectivity index (χ1v) is 12.3. The highest BCUT2D eigenvalue weighted by Gasteiger charge is 2.23. The van der Waals surface area contributed by atoms with Crippen LogP contribution in [0.15, 0.2) is 48.7 Å². The Morgan fingerprint density at radius 3 is 2.64 bits per heavy atom. The van der Waals surface area contributed by atoms with E-state index < -0.39 is 0 Å². The molecule has 2 aromatic carbocycles. The molecule has 2 fully saturated rings. The van der Waals surface area contributed by atoms with Crippen LogP contribution in [0, 0.1) is 0 Å². The molecule has 1 amide bonds. The fourth-order valence-corrected chi connectivity index (χ4v) is 4.53. The lowest BCUT2D eigenvalue weighted by Gasteiger charge is -2.24. The molecule has 2 aliphatic rings. The zero-order valence-electron chi connectivity index (χ0n) is 20.4. The second-order valence-corrected chi connectivity index (χ2v) is 8.99. The Morgan fingerprint density at radius 2 is 1.89 bits per heavy atom. The summed E-state index contributed by atoms with van der Waals surface area (Å²) in [6.45, 7) is 3.00. The van der Waals surface area contributed by atoms with Gasteiger partial charge in [-0.2, -0.15) is 0 Å². The molecule has 188 valence electrons. The number of likely N-dealkylation sites (tertiary alicyclic amines) is 1. The monoisotopic (exact) mass is 489 g/mol. The number of benzene rings is 2. The maximum absolute atomic E-state index is 12.8. The van der Waals surface area contributed by atoms with Crippen molar-refractivity contribution in [3.05, 3.63) is 54.2 Å². The third-order valence-electron chi connectivity index (χ3n) is 6.50. The van der Waals surface area contributed by atoms with Crippen LogP contribution >= 0.6 is 0 Å². The number of hydrogen-bond acceptors (Lipinski definition) is 8. The fourth-order valence-electron chi connectivity index (χ4n) is 4.53. The smallest absolute Gasteiger partial charge is 0.257 e. The van der Waals surface area contributed by atoms with Crippen LogP contribution in [0.2, 0.25) is 0 Å². The van der Waals surface area contributed by atoms with Gasteiger partial charge >= 0.3 is 0 Å². The van der Waals surface area contributed by atoms with Gasteiger partial charge in [-0.15, -0.1) is 0 Å². The zero-order chi connectivity index (χ0) is 24.9. The molecule has 3 aromatic rings. The zero-order valence-corrected chi connectivity index (χ0v) is 20.4. The largest absolute Gasteiger partial charge is 0.496 e. The van der Waals surface area contributed by atoms with Crippen molar-refractivity contribution < 1.29 is 19.0 Å². The molecule has 0 bridgehead atoms. The van der Waals surface area contributed by atoms with Gasteiger partial charge in [-0.05, 0) is 49.2 Å². The maximum atomic E-state index is 12.8. The molecule has 2 saturated heterocycles. The molecule has 2 aliphatic heterocycles. The van der Waals surface area contributed by atoms with Crippen LogP contribution in [0.1, 0.15) is 36.0 Å². The Balaban J connectivity index is 1.30. The molecule has 9 heteroatoms. The number of hydrogen-bond donors (Lipinski definition) is 2. The van der Waals surface area contributed by atoms with Gasteiger partial charge in [-0.3, -0.25) is 4.79 Å². The van der Waals surface area contributed by atoms with E-state index in [2.05, 4.69) is 15.3 Å². The molecule has 3 heterocycles. The van der Waals surface area contributed by atoms with E-state index in [1.807, 2.05) is 35.2 Å². The molecule has 0 unspecified atom stereocenters. The molecule has 1 aromatic heterocycles. The summed E-state index contributed by atoms with van der Waals surface area (Å²) in [5.41, 5.74) is 9.72. The molecule has 5 rings (SSSR count). The lowest BCUT2D eigenvalue weighted by atomic mass is 10.1. The van der Waals surface area contributed by atoms with Gasteiger partial charge in [0, 0.05) is 49.4 Å². The first-order chi connectivity index (χ1) is 17.6. The number of nitrogens with two attached hydrogens (primary N) is 1. The Labute approximate surface area is 210 Å². The molecule has 0 aliphatic carbocycles. The van der Waals surface area contributed by atoms with E-state index in [0.717, 1.165) is 55.7 Å². The highest BCUT2D eigenvalue weighted by atomic mass is 16.5. The van der Waals surface area contributed by atoms with Crippen molar-refractivity contribution in [1.29, 1.82) is 0 Å². The van der Waals surface area contributed by atoms with E-state index in [-0.39, 0.29) is 12.0 Å². The van der Waals surface area contributed by atoms with E-state index in [4.69, 9.17) is 19.9 Å². The summed E-state index contributed by atoms with van der Waals surface area (Å²) in [4.78, 5) is 23.7. The van der Waals surface area contributed by atoms with Crippen molar-refractivity contribution in [3.8, 4) is 22.8 Å². The Bertz CT molecular complexity index is 1220. The van der Waals surface area contributed by atoms with Gasteiger partial charge in [0.15, 0.2) is 0 Å². The second-order valence-electron chi connectivity index (χ2n) is 8.99. The number of methoxy groups -OCH3 is 1. The van der Waals surface area contributed by atoms with E-state index in [0.29, 0.717) is 41.9 Å². The molecule has 0 atom stereocenters. The van der Waals surface area contributed by atoms with Crippen LogP contribution in [-0.2, 0) is 4.74 Å². The van der Waals surface area contributed by atoms with E-state index in [1.165, 1.54) is 0 Å². The van der Waals surface area contributed by atoms with Crippen molar-refractivity contribution in [2.24, 2.45) is 0 Å². The number of anilines is 3. The summed E-state index contributed by atoms with van der Waals surface area (Å²) in [5.74, 6) is 1.61. The van der Waals surface area contributed by atoms with E-state index in [9.17, 15) is 4.79 Å². The Morgan fingerprint density at radius 1 is 1.08 bits per heavy atom. The third kappa shape index (κ3) is 5.36. The molecule has 36 heavy (non-hydrogen) atoms. The first kappa shape index (κ1) is 23.9. The third-order valence-corrected chi connectivity index (χ3v) is 6.50.